The molecule has 96 valence electrons. The van der Waals surface area contributed by atoms with Crippen molar-refractivity contribution >= 4 is 0 Å². The molecule has 1 N–H and O–H groups in total. The maximum atomic E-state index is 14.0. The van der Waals surface area contributed by atoms with Gasteiger partial charge in [-0.15, -0.1) is 0 Å². The minimum absolute atomic E-state index is 0.0197. The summed E-state index contributed by atoms with van der Waals surface area (Å²) in [6.45, 7) is 5.29. The van der Waals surface area contributed by atoms with Crippen LogP contribution in [0.3, 0.4) is 0 Å². The van der Waals surface area contributed by atoms with E-state index in [1.165, 1.54) is 12.1 Å². The topological polar surface area (TPSA) is 20.2 Å². The largest absolute Gasteiger partial charge is 0.393 e. The highest BCUT2D eigenvalue weighted by Gasteiger charge is 2.37. The van der Waals surface area contributed by atoms with E-state index in [9.17, 15) is 13.9 Å². The zero-order chi connectivity index (χ0) is 13.1. The van der Waals surface area contributed by atoms with Crippen LogP contribution in [-0.2, 0) is 5.92 Å². The number of hydrogen-bond donors (Lipinski definition) is 1. The summed E-state index contributed by atoms with van der Waals surface area (Å²) < 4.78 is 28.0. The lowest BCUT2D eigenvalue weighted by Crippen LogP contribution is -2.29. The van der Waals surface area contributed by atoms with Gasteiger partial charge in [0.25, 0.3) is 5.92 Å². The molecular formula is C14H20F2O. The van der Waals surface area contributed by atoms with Crippen LogP contribution in [-0.4, -0.2) is 11.2 Å². The van der Waals surface area contributed by atoms with E-state index < -0.39 is 17.9 Å². The highest BCUT2D eigenvalue weighted by molar-refractivity contribution is 5.20. The number of halogens is 2. The number of benzene rings is 1. The maximum Gasteiger partial charge on any atom is 0.273 e. The Kier molecular flexibility index (Phi) is 4.63. The molecule has 0 spiro atoms. The van der Waals surface area contributed by atoms with Crippen LogP contribution in [0.25, 0.3) is 0 Å². The SMILES string of the molecule is CC(C)C(CC(F)(F)c1ccccc1)C(C)O. The van der Waals surface area contributed by atoms with Gasteiger partial charge in [-0.2, -0.15) is 0 Å². The van der Waals surface area contributed by atoms with Gasteiger partial charge in [0.15, 0.2) is 0 Å². The summed E-state index contributed by atoms with van der Waals surface area (Å²) in [6.07, 6.45) is -1.03. The van der Waals surface area contributed by atoms with Gasteiger partial charge in [0.05, 0.1) is 6.10 Å². The van der Waals surface area contributed by atoms with Crippen molar-refractivity contribution in [1.29, 1.82) is 0 Å². The molecule has 0 saturated heterocycles. The normalized spacial score (nSPS) is 15.9. The predicted octanol–water partition coefficient (Wildman–Crippen LogP) is 3.82. The fourth-order valence-electron chi connectivity index (χ4n) is 2.06. The number of aliphatic hydroxyl groups is 1. The Balaban J connectivity index is 2.85. The second-order valence-corrected chi connectivity index (χ2v) is 4.92. The maximum absolute atomic E-state index is 14.0. The molecule has 0 aliphatic heterocycles. The zero-order valence-electron chi connectivity index (χ0n) is 10.5. The van der Waals surface area contributed by atoms with E-state index in [2.05, 4.69) is 0 Å². The quantitative estimate of drug-likeness (QED) is 0.832. The third kappa shape index (κ3) is 3.77. The molecule has 0 heterocycles. The fraction of sp³-hybridized carbons (Fsp3) is 0.571. The van der Waals surface area contributed by atoms with Gasteiger partial charge in [-0.3, -0.25) is 0 Å². The number of rotatable bonds is 5. The van der Waals surface area contributed by atoms with Crippen LogP contribution < -0.4 is 0 Å². The number of alkyl halides is 2. The zero-order valence-corrected chi connectivity index (χ0v) is 10.5. The van der Waals surface area contributed by atoms with Gasteiger partial charge >= 0.3 is 0 Å². The predicted molar refractivity (Wildman–Crippen MR) is 65.0 cm³/mol. The first-order valence-electron chi connectivity index (χ1n) is 5.96. The van der Waals surface area contributed by atoms with Crippen molar-refractivity contribution in [3.8, 4) is 0 Å². The lowest BCUT2D eigenvalue weighted by Gasteiger charge is -2.28. The Morgan fingerprint density at radius 1 is 1.12 bits per heavy atom. The van der Waals surface area contributed by atoms with Crippen LogP contribution in [0.2, 0.25) is 0 Å². The molecule has 0 aliphatic rings. The Hall–Kier alpha value is -0.960. The van der Waals surface area contributed by atoms with Crippen LogP contribution in [0.5, 0.6) is 0 Å². The molecule has 0 amide bonds. The molecule has 0 saturated carbocycles. The summed E-state index contributed by atoms with van der Waals surface area (Å²) in [5.41, 5.74) is 0.0197. The summed E-state index contributed by atoms with van der Waals surface area (Å²) in [6, 6.07) is 7.79. The molecule has 1 nitrogen and oxygen atoms in total. The van der Waals surface area contributed by atoms with Crippen LogP contribution in [0.1, 0.15) is 32.8 Å². The Labute approximate surface area is 101 Å². The van der Waals surface area contributed by atoms with Crippen LogP contribution in [0.4, 0.5) is 8.78 Å². The van der Waals surface area contributed by atoms with Gasteiger partial charge in [-0.25, -0.2) is 8.78 Å². The lowest BCUT2D eigenvalue weighted by molar-refractivity contribution is -0.0568. The molecule has 0 radical (unpaired) electrons. The smallest absolute Gasteiger partial charge is 0.273 e. The van der Waals surface area contributed by atoms with Crippen molar-refractivity contribution < 1.29 is 13.9 Å². The second kappa shape index (κ2) is 5.58. The van der Waals surface area contributed by atoms with Crippen molar-refractivity contribution in [3.05, 3.63) is 35.9 Å². The summed E-state index contributed by atoms with van der Waals surface area (Å²) in [7, 11) is 0. The van der Waals surface area contributed by atoms with Crippen LogP contribution in [0, 0.1) is 11.8 Å². The van der Waals surface area contributed by atoms with E-state index >= 15 is 0 Å². The molecule has 3 heteroatoms. The van der Waals surface area contributed by atoms with Crippen molar-refractivity contribution in [3.63, 3.8) is 0 Å². The molecule has 0 fully saturated rings. The average Bonchev–Trinajstić information content (AvgIpc) is 2.26. The molecule has 0 bridgehead atoms. The third-order valence-corrected chi connectivity index (χ3v) is 3.16. The highest BCUT2D eigenvalue weighted by Crippen LogP contribution is 2.37. The molecule has 2 unspecified atom stereocenters. The van der Waals surface area contributed by atoms with Crippen LogP contribution in [0.15, 0.2) is 30.3 Å². The van der Waals surface area contributed by atoms with Gasteiger partial charge in [0, 0.05) is 12.0 Å². The standard InChI is InChI=1S/C14H20F2O/c1-10(2)13(11(3)17)9-14(15,16)12-7-5-4-6-8-12/h4-8,10-11,13,17H,9H2,1-3H3. The lowest BCUT2D eigenvalue weighted by atomic mass is 9.84. The number of aliphatic hydroxyl groups excluding tert-OH is 1. The Morgan fingerprint density at radius 2 is 1.65 bits per heavy atom. The van der Waals surface area contributed by atoms with E-state index in [0.717, 1.165) is 0 Å². The van der Waals surface area contributed by atoms with Gasteiger partial charge in [-0.05, 0) is 18.8 Å². The van der Waals surface area contributed by atoms with E-state index in [4.69, 9.17) is 0 Å². The molecule has 1 aromatic rings. The van der Waals surface area contributed by atoms with Gasteiger partial charge < -0.3 is 5.11 Å². The average molecular weight is 242 g/mol. The van der Waals surface area contributed by atoms with E-state index in [1.54, 1.807) is 25.1 Å². The molecular weight excluding hydrogens is 222 g/mol. The molecule has 1 aromatic carbocycles. The van der Waals surface area contributed by atoms with Gasteiger partial charge in [0.1, 0.15) is 0 Å². The van der Waals surface area contributed by atoms with E-state index in [0.29, 0.717) is 0 Å². The van der Waals surface area contributed by atoms with Crippen molar-refractivity contribution in [1.82, 2.24) is 0 Å². The molecule has 0 aliphatic carbocycles. The minimum atomic E-state index is -2.88. The first-order chi connectivity index (χ1) is 7.84. The molecule has 1 rings (SSSR count). The first kappa shape index (κ1) is 14.1. The summed E-state index contributed by atoms with van der Waals surface area (Å²) in [5, 5.41) is 9.56. The van der Waals surface area contributed by atoms with Crippen molar-refractivity contribution in [2.75, 3.05) is 0 Å². The third-order valence-electron chi connectivity index (χ3n) is 3.16. The molecule has 2 atom stereocenters. The summed E-state index contributed by atoms with van der Waals surface area (Å²) >= 11 is 0. The van der Waals surface area contributed by atoms with Gasteiger partial charge in [-0.1, -0.05) is 44.2 Å². The molecule has 0 aromatic heterocycles. The highest BCUT2D eigenvalue weighted by atomic mass is 19.3. The minimum Gasteiger partial charge on any atom is -0.393 e. The summed E-state index contributed by atoms with van der Waals surface area (Å²) in [4.78, 5) is 0. The first-order valence-corrected chi connectivity index (χ1v) is 5.96. The monoisotopic (exact) mass is 242 g/mol. The Bertz CT molecular complexity index is 325. The van der Waals surface area contributed by atoms with E-state index in [-0.39, 0.29) is 17.9 Å². The fourth-order valence-corrected chi connectivity index (χ4v) is 2.06. The summed E-state index contributed by atoms with van der Waals surface area (Å²) in [5.74, 6) is -3.25. The van der Waals surface area contributed by atoms with Crippen LogP contribution >= 0.6 is 0 Å². The van der Waals surface area contributed by atoms with Crippen molar-refractivity contribution in [2.24, 2.45) is 11.8 Å². The second-order valence-electron chi connectivity index (χ2n) is 4.92. The molecule has 17 heavy (non-hydrogen) atoms. The van der Waals surface area contributed by atoms with Gasteiger partial charge in [0.2, 0.25) is 0 Å². The van der Waals surface area contributed by atoms with E-state index in [1.807, 2.05) is 13.8 Å². The number of hydrogen-bond acceptors (Lipinski definition) is 1. The Morgan fingerprint density at radius 3 is 2.06 bits per heavy atom. The van der Waals surface area contributed by atoms with Crippen molar-refractivity contribution in [2.45, 2.75) is 39.2 Å².